The summed E-state index contributed by atoms with van der Waals surface area (Å²) in [6.45, 7) is 5.77. The van der Waals surface area contributed by atoms with Gasteiger partial charge in [-0.3, -0.25) is 0 Å². The summed E-state index contributed by atoms with van der Waals surface area (Å²) in [5.41, 5.74) is 1.23. The Bertz CT molecular complexity index is 388. The van der Waals surface area contributed by atoms with Gasteiger partial charge in [-0.25, -0.2) is 0 Å². The van der Waals surface area contributed by atoms with Gasteiger partial charge < -0.3 is 14.8 Å². The van der Waals surface area contributed by atoms with Crippen molar-refractivity contribution in [3.05, 3.63) is 23.8 Å². The molecule has 1 aliphatic heterocycles. The minimum absolute atomic E-state index is 0.330. The predicted octanol–water partition coefficient (Wildman–Crippen LogP) is 3.15. The van der Waals surface area contributed by atoms with Gasteiger partial charge in [0.05, 0.1) is 0 Å². The lowest BCUT2D eigenvalue weighted by molar-refractivity contribution is 0.167. The van der Waals surface area contributed by atoms with E-state index in [4.69, 9.17) is 9.47 Å². The first-order chi connectivity index (χ1) is 8.81. The molecule has 0 aromatic heterocycles. The van der Waals surface area contributed by atoms with Crippen LogP contribution in [0.2, 0.25) is 0 Å². The molecular formula is C15H23NO2. The molecule has 0 aliphatic carbocycles. The molecule has 1 aliphatic rings. The van der Waals surface area contributed by atoms with Crippen LogP contribution in [-0.4, -0.2) is 20.3 Å². The molecule has 1 unspecified atom stereocenters. The first-order valence-corrected chi connectivity index (χ1v) is 6.87. The van der Waals surface area contributed by atoms with Crippen molar-refractivity contribution in [2.24, 2.45) is 5.92 Å². The molecule has 1 N–H and O–H groups in total. The number of benzene rings is 1. The summed E-state index contributed by atoms with van der Waals surface area (Å²) in [6, 6.07) is 6.51. The lowest BCUT2D eigenvalue weighted by atomic mass is 9.88. The molecule has 0 saturated carbocycles. The third-order valence-electron chi connectivity index (χ3n) is 3.76. The van der Waals surface area contributed by atoms with Crippen LogP contribution in [0.3, 0.4) is 0 Å². The normalized spacial score (nSPS) is 15.8. The minimum Gasteiger partial charge on any atom is -0.486 e. The Labute approximate surface area is 109 Å². The molecule has 1 aromatic carbocycles. The highest BCUT2D eigenvalue weighted by atomic mass is 16.6. The summed E-state index contributed by atoms with van der Waals surface area (Å²) in [7, 11) is 2.02. The third-order valence-corrected chi connectivity index (χ3v) is 3.76. The van der Waals surface area contributed by atoms with Gasteiger partial charge in [-0.1, -0.05) is 38.8 Å². The first-order valence-electron chi connectivity index (χ1n) is 6.87. The van der Waals surface area contributed by atoms with Gasteiger partial charge in [0.1, 0.15) is 13.2 Å². The second kappa shape index (κ2) is 6.10. The number of hydrogen-bond donors (Lipinski definition) is 1. The SMILES string of the molecule is CCC(CC)C(NC)c1cccc2c1OCCO2. The average Bonchev–Trinajstić information content (AvgIpc) is 2.44. The third kappa shape index (κ3) is 2.46. The van der Waals surface area contributed by atoms with E-state index in [1.54, 1.807) is 0 Å². The minimum atomic E-state index is 0.330. The van der Waals surface area contributed by atoms with Crippen LogP contribution in [0.15, 0.2) is 18.2 Å². The molecule has 2 rings (SSSR count). The highest BCUT2D eigenvalue weighted by molar-refractivity contribution is 5.49. The van der Waals surface area contributed by atoms with Crippen molar-refractivity contribution in [1.29, 1.82) is 0 Å². The largest absolute Gasteiger partial charge is 0.486 e. The molecule has 0 amide bonds. The van der Waals surface area contributed by atoms with Crippen LogP contribution >= 0.6 is 0 Å². The van der Waals surface area contributed by atoms with Crippen LogP contribution in [0.1, 0.15) is 38.3 Å². The quantitative estimate of drug-likeness (QED) is 0.869. The zero-order valence-electron chi connectivity index (χ0n) is 11.5. The molecule has 1 heterocycles. The van der Waals surface area contributed by atoms with E-state index in [1.165, 1.54) is 5.56 Å². The molecule has 0 spiro atoms. The average molecular weight is 249 g/mol. The number of nitrogens with one attached hydrogen (secondary N) is 1. The van der Waals surface area contributed by atoms with E-state index in [2.05, 4.69) is 31.3 Å². The fourth-order valence-corrected chi connectivity index (χ4v) is 2.75. The summed E-state index contributed by atoms with van der Waals surface area (Å²) in [4.78, 5) is 0. The molecule has 0 radical (unpaired) electrons. The van der Waals surface area contributed by atoms with E-state index >= 15 is 0 Å². The van der Waals surface area contributed by atoms with E-state index < -0.39 is 0 Å². The summed E-state index contributed by atoms with van der Waals surface area (Å²) in [5.74, 6) is 2.42. The number of ether oxygens (including phenoxy) is 2. The molecule has 0 bridgehead atoms. The highest BCUT2D eigenvalue weighted by Crippen LogP contribution is 2.40. The van der Waals surface area contributed by atoms with Crippen LogP contribution in [0.4, 0.5) is 0 Å². The van der Waals surface area contributed by atoms with Gasteiger partial charge in [0.25, 0.3) is 0 Å². The van der Waals surface area contributed by atoms with E-state index in [-0.39, 0.29) is 0 Å². The van der Waals surface area contributed by atoms with Crippen LogP contribution in [0, 0.1) is 5.92 Å². The monoisotopic (exact) mass is 249 g/mol. The Balaban J connectivity index is 2.36. The maximum atomic E-state index is 5.81. The Morgan fingerprint density at radius 2 is 1.89 bits per heavy atom. The van der Waals surface area contributed by atoms with Crippen molar-refractivity contribution in [3.63, 3.8) is 0 Å². The lowest BCUT2D eigenvalue weighted by Gasteiger charge is -2.29. The molecule has 100 valence electrons. The Morgan fingerprint density at radius 1 is 1.17 bits per heavy atom. The van der Waals surface area contributed by atoms with Crippen molar-refractivity contribution in [1.82, 2.24) is 5.32 Å². The maximum Gasteiger partial charge on any atom is 0.166 e. The Hall–Kier alpha value is -1.22. The molecule has 1 aromatic rings. The van der Waals surface area contributed by atoms with Crippen molar-refractivity contribution in [2.45, 2.75) is 32.7 Å². The number of rotatable bonds is 5. The summed E-state index contributed by atoms with van der Waals surface area (Å²) < 4.78 is 11.5. The van der Waals surface area contributed by atoms with Crippen LogP contribution in [-0.2, 0) is 0 Å². The highest BCUT2D eigenvalue weighted by Gasteiger charge is 2.25. The van der Waals surface area contributed by atoms with Gasteiger partial charge in [0.15, 0.2) is 11.5 Å². The zero-order chi connectivity index (χ0) is 13.0. The van der Waals surface area contributed by atoms with Crippen molar-refractivity contribution in [2.75, 3.05) is 20.3 Å². The second-order valence-corrected chi connectivity index (χ2v) is 4.71. The van der Waals surface area contributed by atoms with Crippen LogP contribution in [0.5, 0.6) is 11.5 Å². The molecule has 1 atom stereocenters. The molecule has 0 fully saturated rings. The molecule has 0 saturated heterocycles. The number of hydrogen-bond acceptors (Lipinski definition) is 3. The fourth-order valence-electron chi connectivity index (χ4n) is 2.75. The molecule has 18 heavy (non-hydrogen) atoms. The molecule has 3 heteroatoms. The van der Waals surface area contributed by atoms with Crippen LogP contribution < -0.4 is 14.8 Å². The predicted molar refractivity (Wildman–Crippen MR) is 73.3 cm³/mol. The summed E-state index contributed by atoms with van der Waals surface area (Å²) >= 11 is 0. The number of fused-ring (bicyclic) bond motifs is 1. The van der Waals surface area contributed by atoms with Gasteiger partial charge in [0.2, 0.25) is 0 Å². The van der Waals surface area contributed by atoms with Gasteiger partial charge in [0, 0.05) is 11.6 Å². The second-order valence-electron chi connectivity index (χ2n) is 4.71. The van der Waals surface area contributed by atoms with Gasteiger partial charge in [-0.15, -0.1) is 0 Å². The molecular weight excluding hydrogens is 226 g/mol. The lowest BCUT2D eigenvalue weighted by Crippen LogP contribution is -2.26. The zero-order valence-corrected chi connectivity index (χ0v) is 11.5. The van der Waals surface area contributed by atoms with E-state index in [1.807, 2.05) is 13.1 Å². The standard InChI is InChI=1S/C15H23NO2/c1-4-11(5-2)14(16-3)12-7-6-8-13-15(12)18-10-9-17-13/h6-8,11,14,16H,4-5,9-10H2,1-3H3. The van der Waals surface area contributed by atoms with Crippen molar-refractivity contribution < 1.29 is 9.47 Å². The topological polar surface area (TPSA) is 30.5 Å². The van der Waals surface area contributed by atoms with Crippen molar-refractivity contribution >= 4 is 0 Å². The first kappa shape index (κ1) is 13.2. The smallest absolute Gasteiger partial charge is 0.166 e. The van der Waals surface area contributed by atoms with Gasteiger partial charge >= 0.3 is 0 Å². The number of para-hydroxylation sites is 1. The van der Waals surface area contributed by atoms with E-state index in [0.717, 1.165) is 24.3 Å². The Morgan fingerprint density at radius 3 is 2.56 bits per heavy atom. The maximum absolute atomic E-state index is 5.81. The van der Waals surface area contributed by atoms with Crippen molar-refractivity contribution in [3.8, 4) is 11.5 Å². The van der Waals surface area contributed by atoms with Gasteiger partial charge in [-0.05, 0) is 19.0 Å². The van der Waals surface area contributed by atoms with Gasteiger partial charge in [-0.2, -0.15) is 0 Å². The summed E-state index contributed by atoms with van der Waals surface area (Å²) in [6.07, 6.45) is 2.32. The molecule has 3 nitrogen and oxygen atoms in total. The van der Waals surface area contributed by atoms with Crippen LogP contribution in [0.25, 0.3) is 0 Å². The van der Waals surface area contributed by atoms with E-state index in [0.29, 0.717) is 25.2 Å². The fraction of sp³-hybridized carbons (Fsp3) is 0.600. The summed E-state index contributed by atoms with van der Waals surface area (Å²) in [5, 5.41) is 3.43. The Kier molecular flexibility index (Phi) is 4.48. The van der Waals surface area contributed by atoms with E-state index in [9.17, 15) is 0 Å².